The lowest BCUT2D eigenvalue weighted by Gasteiger charge is -2.25. The fourth-order valence-corrected chi connectivity index (χ4v) is 2.39. The highest BCUT2D eigenvalue weighted by Crippen LogP contribution is 2.21. The van der Waals surface area contributed by atoms with Gasteiger partial charge in [0.1, 0.15) is 5.84 Å². The predicted octanol–water partition coefficient (Wildman–Crippen LogP) is 2.99. The number of carbonyl (C=O) groups excluding carboxylic acids is 1. The smallest absolute Gasteiger partial charge is 0.254 e. The Bertz CT molecular complexity index is 530. The van der Waals surface area contributed by atoms with Crippen molar-refractivity contribution in [3.8, 4) is 0 Å². The first kappa shape index (κ1) is 17.5. The molecule has 0 fully saturated rings. The van der Waals surface area contributed by atoms with E-state index in [-0.39, 0.29) is 11.7 Å². The third-order valence-electron chi connectivity index (χ3n) is 3.14. The number of hydrogen-bond donors (Lipinski definition) is 2. The van der Waals surface area contributed by atoms with Crippen LogP contribution in [-0.4, -0.2) is 34.9 Å². The maximum Gasteiger partial charge on any atom is 0.254 e. The molecular weight excluding hydrogens is 334 g/mol. The summed E-state index contributed by atoms with van der Waals surface area (Å²) in [5, 5.41) is 11.6. The molecule has 0 aliphatic carbocycles. The summed E-state index contributed by atoms with van der Waals surface area (Å²) in [5.74, 6) is 0.435. The topological polar surface area (TPSA) is 78.9 Å². The van der Waals surface area contributed by atoms with E-state index in [4.69, 9.17) is 10.9 Å². The molecule has 0 bridgehead atoms. The number of nitrogens with two attached hydrogens (primary N) is 1. The molecule has 0 aliphatic rings. The lowest BCUT2D eigenvalue weighted by Crippen LogP contribution is -2.37. The fourth-order valence-electron chi connectivity index (χ4n) is 2.03. The summed E-state index contributed by atoms with van der Waals surface area (Å²) in [6.45, 7) is 7.08. The van der Waals surface area contributed by atoms with Gasteiger partial charge in [0.15, 0.2) is 0 Å². The van der Waals surface area contributed by atoms with Crippen molar-refractivity contribution in [2.75, 3.05) is 13.1 Å². The van der Waals surface area contributed by atoms with Crippen LogP contribution in [0.5, 0.6) is 0 Å². The van der Waals surface area contributed by atoms with Crippen molar-refractivity contribution >= 4 is 27.7 Å². The standard InChI is InChI=1S/C15H22BrN3O2/c1-10(2)9-19(8-7-14(17)18-21)15(20)12-5-4-6-13(16)11(12)3/h4-6,10,21H,7-9H2,1-3H3,(H2,17,18). The van der Waals surface area contributed by atoms with Gasteiger partial charge in [-0.3, -0.25) is 4.79 Å². The average molecular weight is 356 g/mol. The molecule has 0 saturated heterocycles. The molecule has 21 heavy (non-hydrogen) atoms. The highest BCUT2D eigenvalue weighted by atomic mass is 79.9. The SMILES string of the molecule is Cc1c(Br)cccc1C(=O)N(CCC(N)=NO)CC(C)C. The van der Waals surface area contributed by atoms with Crippen molar-refractivity contribution in [2.24, 2.45) is 16.8 Å². The van der Waals surface area contributed by atoms with E-state index in [1.807, 2.05) is 25.1 Å². The summed E-state index contributed by atoms with van der Waals surface area (Å²) < 4.78 is 0.911. The van der Waals surface area contributed by atoms with Crippen LogP contribution >= 0.6 is 15.9 Å². The second kappa shape index (κ2) is 8.02. The summed E-state index contributed by atoms with van der Waals surface area (Å²) in [4.78, 5) is 14.5. The second-order valence-electron chi connectivity index (χ2n) is 5.40. The minimum atomic E-state index is -0.0340. The Kier molecular flexibility index (Phi) is 6.68. The van der Waals surface area contributed by atoms with Gasteiger partial charge in [0.2, 0.25) is 0 Å². The Morgan fingerprint density at radius 3 is 2.71 bits per heavy atom. The second-order valence-corrected chi connectivity index (χ2v) is 6.25. The molecule has 0 saturated carbocycles. The third kappa shape index (κ3) is 5.04. The van der Waals surface area contributed by atoms with Gasteiger partial charge >= 0.3 is 0 Å². The maximum atomic E-state index is 12.7. The number of carbonyl (C=O) groups is 1. The number of amides is 1. The summed E-state index contributed by atoms with van der Waals surface area (Å²) in [6, 6.07) is 5.58. The molecule has 0 unspecified atom stereocenters. The van der Waals surface area contributed by atoms with Crippen molar-refractivity contribution in [2.45, 2.75) is 27.2 Å². The number of oxime groups is 1. The van der Waals surface area contributed by atoms with Crippen molar-refractivity contribution in [3.63, 3.8) is 0 Å². The monoisotopic (exact) mass is 355 g/mol. The van der Waals surface area contributed by atoms with Gasteiger partial charge in [-0.05, 0) is 30.5 Å². The zero-order valence-electron chi connectivity index (χ0n) is 12.6. The van der Waals surface area contributed by atoms with Crippen LogP contribution in [0, 0.1) is 12.8 Å². The number of benzene rings is 1. The molecule has 0 aromatic heterocycles. The van der Waals surface area contributed by atoms with Crippen molar-refractivity contribution in [3.05, 3.63) is 33.8 Å². The third-order valence-corrected chi connectivity index (χ3v) is 4.00. The maximum absolute atomic E-state index is 12.7. The molecule has 3 N–H and O–H groups in total. The Hall–Kier alpha value is -1.56. The molecule has 0 atom stereocenters. The van der Waals surface area contributed by atoms with Crippen molar-refractivity contribution < 1.29 is 10.0 Å². The molecule has 6 heteroatoms. The van der Waals surface area contributed by atoms with Gasteiger partial charge in [-0.2, -0.15) is 0 Å². The number of rotatable bonds is 6. The number of halogens is 1. The van der Waals surface area contributed by atoms with E-state index in [1.165, 1.54) is 0 Å². The Morgan fingerprint density at radius 2 is 2.14 bits per heavy atom. The van der Waals surface area contributed by atoms with Gasteiger partial charge in [-0.25, -0.2) is 0 Å². The van der Waals surface area contributed by atoms with E-state index in [9.17, 15) is 4.79 Å². The highest BCUT2D eigenvalue weighted by molar-refractivity contribution is 9.10. The van der Waals surface area contributed by atoms with Crippen LogP contribution in [-0.2, 0) is 0 Å². The summed E-state index contributed by atoms with van der Waals surface area (Å²) in [5.41, 5.74) is 7.09. The Morgan fingerprint density at radius 1 is 1.48 bits per heavy atom. The molecule has 116 valence electrons. The van der Waals surface area contributed by atoms with Gasteiger partial charge in [-0.1, -0.05) is 41.0 Å². The number of nitrogens with zero attached hydrogens (tertiary/aromatic N) is 2. The molecule has 0 radical (unpaired) electrons. The predicted molar refractivity (Wildman–Crippen MR) is 87.6 cm³/mol. The average Bonchev–Trinajstić information content (AvgIpc) is 2.44. The summed E-state index contributed by atoms with van der Waals surface area (Å²) in [6.07, 6.45) is 0.349. The highest BCUT2D eigenvalue weighted by Gasteiger charge is 2.19. The minimum absolute atomic E-state index is 0.0340. The molecule has 1 aromatic carbocycles. The van der Waals surface area contributed by atoms with E-state index >= 15 is 0 Å². The van der Waals surface area contributed by atoms with Crippen LogP contribution in [0.1, 0.15) is 36.2 Å². The molecule has 5 nitrogen and oxygen atoms in total. The van der Waals surface area contributed by atoms with E-state index in [2.05, 4.69) is 34.9 Å². The first-order chi connectivity index (χ1) is 9.86. The Balaban J connectivity index is 2.96. The van der Waals surface area contributed by atoms with Crippen LogP contribution in [0.25, 0.3) is 0 Å². The fraction of sp³-hybridized carbons (Fsp3) is 0.467. The quantitative estimate of drug-likeness (QED) is 0.356. The largest absolute Gasteiger partial charge is 0.409 e. The van der Waals surface area contributed by atoms with Gasteiger partial charge in [0.25, 0.3) is 5.91 Å². The number of amidine groups is 1. The van der Waals surface area contributed by atoms with Crippen LogP contribution in [0.4, 0.5) is 0 Å². The number of hydrogen-bond acceptors (Lipinski definition) is 3. The Labute approximate surface area is 133 Å². The molecule has 1 rings (SSSR count). The van der Waals surface area contributed by atoms with E-state index in [1.54, 1.807) is 4.90 Å². The zero-order chi connectivity index (χ0) is 16.0. The van der Waals surface area contributed by atoms with Crippen LogP contribution in [0.2, 0.25) is 0 Å². The van der Waals surface area contributed by atoms with E-state index < -0.39 is 0 Å². The normalized spacial score (nSPS) is 11.8. The molecule has 1 aromatic rings. The first-order valence-electron chi connectivity index (χ1n) is 6.87. The van der Waals surface area contributed by atoms with Gasteiger partial charge in [0, 0.05) is 29.5 Å². The van der Waals surface area contributed by atoms with Gasteiger partial charge in [-0.15, -0.1) is 0 Å². The van der Waals surface area contributed by atoms with E-state index in [0.717, 1.165) is 10.0 Å². The first-order valence-corrected chi connectivity index (χ1v) is 7.66. The van der Waals surface area contributed by atoms with Crippen molar-refractivity contribution in [1.29, 1.82) is 0 Å². The zero-order valence-corrected chi connectivity index (χ0v) is 14.2. The molecular formula is C15H22BrN3O2. The minimum Gasteiger partial charge on any atom is -0.409 e. The molecule has 0 aliphatic heterocycles. The van der Waals surface area contributed by atoms with Gasteiger partial charge < -0.3 is 15.8 Å². The summed E-state index contributed by atoms with van der Waals surface area (Å²) >= 11 is 3.44. The molecule has 0 heterocycles. The van der Waals surface area contributed by atoms with Crippen molar-refractivity contribution in [1.82, 2.24) is 4.90 Å². The molecule has 0 spiro atoms. The van der Waals surface area contributed by atoms with Crippen LogP contribution in [0.3, 0.4) is 0 Å². The lowest BCUT2D eigenvalue weighted by atomic mass is 10.1. The van der Waals surface area contributed by atoms with Gasteiger partial charge in [0.05, 0.1) is 0 Å². The van der Waals surface area contributed by atoms with E-state index in [0.29, 0.717) is 31.0 Å². The molecule has 1 amide bonds. The lowest BCUT2D eigenvalue weighted by molar-refractivity contribution is 0.0739. The van der Waals surface area contributed by atoms with Crippen LogP contribution in [0.15, 0.2) is 27.8 Å². The van der Waals surface area contributed by atoms with Crippen LogP contribution < -0.4 is 5.73 Å². The summed E-state index contributed by atoms with van der Waals surface area (Å²) in [7, 11) is 0.